The van der Waals surface area contributed by atoms with Crippen LogP contribution in [-0.2, 0) is 26.6 Å². The summed E-state index contributed by atoms with van der Waals surface area (Å²) in [6, 6.07) is 30.1. The molecule has 10 nitrogen and oxygen atoms in total. The van der Waals surface area contributed by atoms with Gasteiger partial charge in [0, 0.05) is 29.6 Å². The van der Waals surface area contributed by atoms with E-state index >= 15 is 0 Å². The van der Waals surface area contributed by atoms with Gasteiger partial charge in [0.1, 0.15) is 34.5 Å². The van der Waals surface area contributed by atoms with Crippen molar-refractivity contribution in [1.29, 1.82) is 0 Å². The number of fused-ring (bicyclic) bond motifs is 9. The number of methoxy groups -OCH3 is 2. The molecule has 3 saturated carbocycles. The Morgan fingerprint density at radius 1 is 0.487 bits per heavy atom. The van der Waals surface area contributed by atoms with E-state index in [0.717, 1.165) is 127 Å². The third kappa shape index (κ3) is 12.9. The van der Waals surface area contributed by atoms with Crippen molar-refractivity contribution in [2.75, 3.05) is 27.4 Å². The molecule has 0 aromatic heterocycles. The van der Waals surface area contributed by atoms with Crippen LogP contribution in [0.2, 0.25) is 52.4 Å². The average molecular weight is 1130 g/mol. The highest BCUT2D eigenvalue weighted by Gasteiger charge is 2.55. The van der Waals surface area contributed by atoms with Gasteiger partial charge in [-0.25, -0.2) is 0 Å². The fraction of sp³-hybridized carbons (Fsp3) is 0.531. The van der Waals surface area contributed by atoms with E-state index in [4.69, 9.17) is 44.9 Å². The Morgan fingerprint density at radius 3 is 1.49 bits per heavy atom. The maximum Gasteiger partial charge on any atom is 0.322 e. The van der Waals surface area contributed by atoms with Gasteiger partial charge in [0.2, 0.25) is 0 Å². The minimum Gasteiger partial charge on any atom is -0.497 e. The molecule has 6 aliphatic heterocycles. The number of ether oxygens (including phenoxy) is 5. The maximum atomic E-state index is 7.38. The number of rotatable bonds is 2. The van der Waals surface area contributed by atoms with Crippen LogP contribution in [0.15, 0.2) is 84.9 Å². The number of hydrogen-bond donors (Lipinski definition) is 0. The van der Waals surface area contributed by atoms with Crippen molar-refractivity contribution in [1.82, 2.24) is 0 Å². The zero-order valence-electron chi connectivity index (χ0n) is 49.3. The van der Waals surface area contributed by atoms with Crippen LogP contribution < -0.4 is 23.7 Å². The molecule has 5 aromatic carbocycles. The van der Waals surface area contributed by atoms with Crippen LogP contribution in [0.1, 0.15) is 121 Å². The molecule has 8 bridgehead atoms. The molecule has 14 heteroatoms. The van der Waals surface area contributed by atoms with E-state index in [-0.39, 0.29) is 28.5 Å². The van der Waals surface area contributed by atoms with Crippen LogP contribution in [-0.4, -0.2) is 73.9 Å². The van der Waals surface area contributed by atoms with Crippen molar-refractivity contribution in [3.63, 3.8) is 0 Å². The van der Waals surface area contributed by atoms with Gasteiger partial charge in [-0.1, -0.05) is 58.0 Å². The SMILES string of the molecule is COc1ccc2c(c1)C1(CC(C)(C)CC(C)(C)C1)c1c3c(c4cc(OC)ccc4c1-2)Oc1ccc(cc1)OC1CCC(CC1)CO[Si](C)(C)O[Si](C)(C)O[Si](C)(C)O[Si](C)(C)OCC1CCC(CC1)Oc1ccc(cc1)C=C3. The highest BCUT2D eigenvalue weighted by atomic mass is 28.5. The largest absolute Gasteiger partial charge is 0.497 e. The van der Waals surface area contributed by atoms with Gasteiger partial charge >= 0.3 is 34.2 Å². The van der Waals surface area contributed by atoms with Gasteiger partial charge in [-0.2, -0.15) is 0 Å². The zero-order valence-corrected chi connectivity index (χ0v) is 53.3. The molecule has 78 heavy (non-hydrogen) atoms. The van der Waals surface area contributed by atoms with E-state index in [1.54, 1.807) is 14.2 Å². The molecule has 420 valence electrons. The summed E-state index contributed by atoms with van der Waals surface area (Å²) in [5.74, 6) is 5.86. The molecule has 0 amide bonds. The van der Waals surface area contributed by atoms with Gasteiger partial charge in [-0.3, -0.25) is 0 Å². The summed E-state index contributed by atoms with van der Waals surface area (Å²) < 4.78 is 66.8. The first-order valence-electron chi connectivity index (χ1n) is 29.0. The van der Waals surface area contributed by atoms with Crippen molar-refractivity contribution >= 4 is 57.2 Å². The minimum absolute atomic E-state index is 0.0479. The summed E-state index contributed by atoms with van der Waals surface area (Å²) >= 11 is 0. The van der Waals surface area contributed by atoms with Crippen molar-refractivity contribution in [3.05, 3.63) is 107 Å². The quantitative estimate of drug-likeness (QED) is 0.159. The van der Waals surface area contributed by atoms with Crippen molar-refractivity contribution in [3.8, 4) is 45.6 Å². The Hall–Kier alpha value is -4.23. The topological polar surface area (TPSA) is 92.3 Å². The van der Waals surface area contributed by atoms with Gasteiger partial charge in [0.25, 0.3) is 0 Å². The van der Waals surface area contributed by atoms with Crippen LogP contribution in [0.4, 0.5) is 0 Å². The minimum atomic E-state index is -2.61. The average Bonchev–Trinajstić information content (AvgIpc) is 3.82. The third-order valence-electron chi connectivity index (χ3n) is 16.9. The summed E-state index contributed by atoms with van der Waals surface area (Å²) in [4.78, 5) is 0. The van der Waals surface area contributed by atoms with Crippen LogP contribution in [0.3, 0.4) is 0 Å². The second kappa shape index (κ2) is 21.9. The third-order valence-corrected chi connectivity index (χ3v) is 30.4. The zero-order chi connectivity index (χ0) is 55.5. The van der Waals surface area contributed by atoms with Crippen LogP contribution in [0.25, 0.3) is 34.1 Å². The van der Waals surface area contributed by atoms with Gasteiger partial charge < -0.3 is 44.9 Å². The number of benzene rings is 5. The lowest BCUT2D eigenvalue weighted by Gasteiger charge is -2.52. The highest BCUT2D eigenvalue weighted by Crippen LogP contribution is 2.67. The molecule has 6 heterocycles. The molecule has 0 unspecified atom stereocenters. The first-order chi connectivity index (χ1) is 36.8. The molecular weight excluding hydrogens is 1040 g/mol. The summed E-state index contributed by atoms with van der Waals surface area (Å²) in [5, 5.41) is 2.14. The Kier molecular flexibility index (Phi) is 16.0. The molecule has 0 radical (unpaired) electrons. The molecule has 0 N–H and O–H groups in total. The highest BCUT2D eigenvalue weighted by molar-refractivity contribution is 6.87. The van der Waals surface area contributed by atoms with E-state index in [2.05, 4.69) is 177 Å². The predicted octanol–water partition coefficient (Wildman–Crippen LogP) is 17.1. The summed E-state index contributed by atoms with van der Waals surface area (Å²) in [6.07, 6.45) is 16.1. The van der Waals surface area contributed by atoms with Crippen LogP contribution in [0, 0.1) is 22.7 Å². The Morgan fingerprint density at radius 2 is 0.962 bits per heavy atom. The fourth-order valence-corrected chi connectivity index (χ4v) is 31.8. The lowest BCUT2D eigenvalue weighted by Crippen LogP contribution is -2.57. The molecule has 3 fully saturated rings. The normalized spacial score (nSPS) is 26.1. The van der Waals surface area contributed by atoms with Gasteiger partial charge in [0.05, 0.1) is 26.4 Å². The van der Waals surface area contributed by atoms with Gasteiger partial charge in [-0.05, 0) is 246 Å². The van der Waals surface area contributed by atoms with E-state index < -0.39 is 34.2 Å². The Labute approximate surface area is 470 Å². The molecule has 0 saturated heterocycles. The van der Waals surface area contributed by atoms with Gasteiger partial charge in [0.15, 0.2) is 0 Å². The van der Waals surface area contributed by atoms with E-state index in [9.17, 15) is 0 Å². The van der Waals surface area contributed by atoms with Crippen molar-refractivity contribution in [2.45, 2.75) is 168 Å². The Balaban J connectivity index is 1.03. The second-order valence-corrected chi connectivity index (χ2v) is 41.0. The molecule has 0 atom stereocenters. The monoisotopic (exact) mass is 1130 g/mol. The first kappa shape index (κ1) is 57.0. The molecule has 5 aromatic rings. The van der Waals surface area contributed by atoms with Crippen molar-refractivity contribution in [2.24, 2.45) is 22.7 Å². The summed E-state index contributed by atoms with van der Waals surface area (Å²) in [6.45, 7) is 28.4. The number of hydrogen-bond acceptors (Lipinski definition) is 10. The van der Waals surface area contributed by atoms with E-state index in [0.29, 0.717) is 25.0 Å². The van der Waals surface area contributed by atoms with Crippen LogP contribution in [0.5, 0.6) is 34.5 Å². The van der Waals surface area contributed by atoms with E-state index in [1.807, 2.05) is 0 Å². The lowest BCUT2D eigenvalue weighted by atomic mass is 9.52. The molecule has 1 spiro atoms. The van der Waals surface area contributed by atoms with Gasteiger partial charge in [-0.15, -0.1) is 0 Å². The van der Waals surface area contributed by atoms with Crippen molar-refractivity contribution < 1.29 is 44.9 Å². The fourth-order valence-electron chi connectivity index (χ4n) is 14.8. The summed E-state index contributed by atoms with van der Waals surface area (Å²) in [5.41, 5.74) is 7.10. The molecule has 4 aliphatic carbocycles. The summed E-state index contributed by atoms with van der Waals surface area (Å²) in [7, 11) is -6.71. The van der Waals surface area contributed by atoms with E-state index in [1.165, 1.54) is 22.3 Å². The lowest BCUT2D eigenvalue weighted by molar-refractivity contribution is 0.0644. The predicted molar refractivity (Wildman–Crippen MR) is 324 cm³/mol. The smallest absolute Gasteiger partial charge is 0.322 e. The van der Waals surface area contributed by atoms with Crippen LogP contribution >= 0.6 is 0 Å². The standard InChI is InChI=1S/C64H88O10Si4/c1-62(2)41-63(3,4)43-64(42-62)58-38-53(66-6)33-36-55(58)59-54-35-32-52(65-5)37-57(54)61-56(60(59)64)34-21-44-15-22-47(23-16-44)69-48-24-17-45(18-25-48)39-67-75(7,8)72-77(11,12)74-78(13,14)73-76(9,10)68-40-46-19-26-49(27-20-46)70-50-28-30-51(71-61)31-29-50/h15-16,21-23,28-38,45-46,48-49H,17-20,24-27,39-43H2,1-14H3. The molecule has 15 rings (SSSR count). The Bertz CT molecular complexity index is 2950. The molecule has 10 aliphatic rings. The molecular formula is C64H88O10Si4. The second-order valence-electron chi connectivity index (χ2n) is 26.8. The first-order valence-corrected chi connectivity index (χ1v) is 40.2. The maximum absolute atomic E-state index is 7.38.